The van der Waals surface area contributed by atoms with E-state index in [2.05, 4.69) is 42.3 Å². The van der Waals surface area contributed by atoms with E-state index in [1.807, 2.05) is 6.07 Å². The fourth-order valence-electron chi connectivity index (χ4n) is 2.66. The van der Waals surface area contributed by atoms with Gasteiger partial charge in [-0.25, -0.2) is 4.39 Å². The number of likely N-dealkylation sites (N-methyl/N-ethyl adjacent to an activating group) is 1. The van der Waals surface area contributed by atoms with E-state index in [1.165, 1.54) is 18.6 Å². The van der Waals surface area contributed by atoms with E-state index >= 15 is 0 Å². The van der Waals surface area contributed by atoms with Crippen molar-refractivity contribution in [3.05, 3.63) is 59.4 Å². The zero-order chi connectivity index (χ0) is 19.8. The molecule has 0 unspecified atom stereocenters. The van der Waals surface area contributed by atoms with Crippen LogP contribution in [0.15, 0.2) is 47.4 Å². The number of halogens is 1. The zero-order valence-corrected chi connectivity index (χ0v) is 16.7. The second-order valence-corrected chi connectivity index (χ2v) is 7.28. The molecule has 0 atom stereocenters. The van der Waals surface area contributed by atoms with E-state index < -0.39 is 5.82 Å². The van der Waals surface area contributed by atoms with Crippen molar-refractivity contribution in [2.75, 3.05) is 30.3 Å². The molecule has 0 aromatic heterocycles. The number of hydrogen-bond donors (Lipinski definition) is 1. The van der Waals surface area contributed by atoms with Crippen LogP contribution in [0.3, 0.4) is 0 Å². The van der Waals surface area contributed by atoms with Crippen molar-refractivity contribution in [2.45, 2.75) is 25.7 Å². The van der Waals surface area contributed by atoms with Crippen molar-refractivity contribution >= 4 is 29.1 Å². The average molecular weight is 389 g/mol. The van der Waals surface area contributed by atoms with Gasteiger partial charge in [0, 0.05) is 35.8 Å². The summed E-state index contributed by atoms with van der Waals surface area (Å²) >= 11 is 1.13. The van der Waals surface area contributed by atoms with Gasteiger partial charge in [0.05, 0.1) is 5.75 Å². The third-order valence-corrected chi connectivity index (χ3v) is 5.20. The van der Waals surface area contributed by atoms with Crippen molar-refractivity contribution < 1.29 is 14.0 Å². The molecule has 0 spiro atoms. The fourth-order valence-corrected chi connectivity index (χ4v) is 3.41. The lowest BCUT2D eigenvalue weighted by atomic mass is 10.1. The second kappa shape index (κ2) is 10.1. The third kappa shape index (κ3) is 6.40. The number of hydrogen-bond acceptors (Lipinski definition) is 4. The lowest BCUT2D eigenvalue weighted by molar-refractivity contribution is -0.118. The maximum atomic E-state index is 14.0. The lowest BCUT2D eigenvalue weighted by Crippen LogP contribution is -2.35. The highest BCUT2D eigenvalue weighted by atomic mass is 32.2. The van der Waals surface area contributed by atoms with Crippen LogP contribution < -0.4 is 10.2 Å². The van der Waals surface area contributed by atoms with Gasteiger partial charge in [0.2, 0.25) is 5.91 Å². The molecule has 0 radical (unpaired) electrons. The molecule has 0 saturated carbocycles. The molecule has 0 heterocycles. The van der Waals surface area contributed by atoms with Crippen LogP contribution in [0.5, 0.6) is 0 Å². The highest BCUT2D eigenvalue weighted by Crippen LogP contribution is 2.22. The topological polar surface area (TPSA) is 49.4 Å². The van der Waals surface area contributed by atoms with Gasteiger partial charge in [-0.3, -0.25) is 9.59 Å². The quantitative estimate of drug-likeness (QED) is 0.520. The van der Waals surface area contributed by atoms with Gasteiger partial charge in [-0.2, -0.15) is 0 Å². The molecule has 144 valence electrons. The molecule has 6 heteroatoms. The maximum Gasteiger partial charge on any atom is 0.230 e. The van der Waals surface area contributed by atoms with Gasteiger partial charge in [0.1, 0.15) is 5.82 Å². The van der Waals surface area contributed by atoms with E-state index in [1.54, 1.807) is 12.1 Å². The van der Waals surface area contributed by atoms with Crippen molar-refractivity contribution in [2.24, 2.45) is 0 Å². The first-order valence-corrected chi connectivity index (χ1v) is 9.91. The molecule has 2 aromatic carbocycles. The van der Waals surface area contributed by atoms with Crippen molar-refractivity contribution in [3.8, 4) is 0 Å². The van der Waals surface area contributed by atoms with E-state index in [0.717, 1.165) is 24.0 Å². The Kier molecular flexibility index (Phi) is 7.85. The monoisotopic (exact) mass is 388 g/mol. The van der Waals surface area contributed by atoms with Crippen LogP contribution in [0.4, 0.5) is 10.1 Å². The fraction of sp³-hybridized carbons (Fsp3) is 0.333. The Morgan fingerprint density at radius 2 is 1.96 bits per heavy atom. The molecule has 4 nitrogen and oxygen atoms in total. The van der Waals surface area contributed by atoms with Crippen LogP contribution >= 0.6 is 11.8 Å². The molecule has 27 heavy (non-hydrogen) atoms. The number of ketones is 1. The first-order valence-electron chi connectivity index (χ1n) is 8.92. The van der Waals surface area contributed by atoms with Crippen LogP contribution in [0.25, 0.3) is 0 Å². The van der Waals surface area contributed by atoms with Gasteiger partial charge in [-0.05, 0) is 50.6 Å². The summed E-state index contributed by atoms with van der Waals surface area (Å²) in [6.45, 7) is 7.60. The van der Waals surface area contributed by atoms with Gasteiger partial charge < -0.3 is 10.2 Å². The zero-order valence-electron chi connectivity index (χ0n) is 15.9. The Labute approximate surface area is 164 Å². The summed E-state index contributed by atoms with van der Waals surface area (Å²) in [5.41, 5.74) is 2.66. The Hall–Kier alpha value is -2.34. The summed E-state index contributed by atoms with van der Waals surface area (Å²) in [6, 6.07) is 12.6. The minimum atomic E-state index is -0.475. The highest BCUT2D eigenvalue weighted by molar-refractivity contribution is 8.00. The lowest BCUT2D eigenvalue weighted by Gasteiger charge is -2.23. The van der Waals surface area contributed by atoms with Crippen LogP contribution in [0.1, 0.15) is 29.8 Å². The van der Waals surface area contributed by atoms with Crippen LogP contribution in [0.2, 0.25) is 0 Å². The number of carbonyl (C=O) groups excluding carboxylic acids is 2. The molecule has 0 aliphatic carbocycles. The number of benzene rings is 2. The summed E-state index contributed by atoms with van der Waals surface area (Å²) in [4.78, 5) is 25.8. The Balaban J connectivity index is 1.80. The first kappa shape index (κ1) is 21.0. The number of Topliss-reactive ketones (excluding diaryl/α,β-unsaturated/α-hetero) is 1. The van der Waals surface area contributed by atoms with Crippen LogP contribution in [-0.4, -0.2) is 37.1 Å². The Morgan fingerprint density at radius 3 is 2.59 bits per heavy atom. The molecule has 0 aliphatic rings. The van der Waals surface area contributed by atoms with Gasteiger partial charge in [-0.1, -0.05) is 18.2 Å². The van der Waals surface area contributed by atoms with E-state index in [0.29, 0.717) is 23.5 Å². The Bertz CT molecular complexity index is 811. The predicted octanol–water partition coefficient (Wildman–Crippen LogP) is 4.07. The first-order chi connectivity index (χ1) is 12.9. The molecular formula is C21H25FN2O2S. The largest absolute Gasteiger partial charge is 0.370 e. The van der Waals surface area contributed by atoms with Crippen molar-refractivity contribution in [1.82, 2.24) is 5.32 Å². The van der Waals surface area contributed by atoms with Crippen molar-refractivity contribution in [3.63, 3.8) is 0 Å². The smallest absolute Gasteiger partial charge is 0.230 e. The minimum Gasteiger partial charge on any atom is -0.370 e. The normalized spacial score (nSPS) is 10.5. The molecule has 0 fully saturated rings. The van der Waals surface area contributed by atoms with E-state index in [4.69, 9.17) is 0 Å². The number of nitrogens with one attached hydrogen (secondary N) is 1. The molecule has 0 saturated heterocycles. The van der Waals surface area contributed by atoms with Crippen LogP contribution in [0, 0.1) is 12.7 Å². The Morgan fingerprint density at radius 1 is 1.19 bits per heavy atom. The molecule has 0 bridgehead atoms. The highest BCUT2D eigenvalue weighted by Gasteiger charge is 2.10. The predicted molar refractivity (Wildman–Crippen MR) is 109 cm³/mol. The van der Waals surface area contributed by atoms with E-state index in [-0.39, 0.29) is 17.4 Å². The molecule has 2 aromatic rings. The van der Waals surface area contributed by atoms with Gasteiger partial charge in [-0.15, -0.1) is 11.8 Å². The number of nitrogens with zero attached hydrogens (tertiary/aromatic N) is 1. The third-order valence-electron chi connectivity index (χ3n) is 4.15. The number of amides is 1. The summed E-state index contributed by atoms with van der Waals surface area (Å²) in [5.74, 6) is -0.669. The number of anilines is 1. The van der Waals surface area contributed by atoms with Crippen molar-refractivity contribution in [1.29, 1.82) is 0 Å². The van der Waals surface area contributed by atoms with Gasteiger partial charge in [0.15, 0.2) is 5.78 Å². The summed E-state index contributed by atoms with van der Waals surface area (Å²) in [7, 11) is 0. The average Bonchev–Trinajstić information content (AvgIpc) is 2.64. The molecule has 2 rings (SSSR count). The van der Waals surface area contributed by atoms with Gasteiger partial charge >= 0.3 is 0 Å². The maximum absolute atomic E-state index is 14.0. The minimum absolute atomic E-state index is 0.132. The molecule has 0 aliphatic heterocycles. The molecular weight excluding hydrogens is 363 g/mol. The summed E-state index contributed by atoms with van der Waals surface area (Å²) in [6.07, 6.45) is 0. The molecule has 1 amide bonds. The van der Waals surface area contributed by atoms with Gasteiger partial charge in [0.25, 0.3) is 0 Å². The van der Waals surface area contributed by atoms with Crippen LogP contribution in [-0.2, 0) is 4.79 Å². The number of thioether (sulfide) groups is 1. The number of carbonyl (C=O) groups is 2. The second-order valence-electron chi connectivity index (χ2n) is 6.26. The number of aryl methyl sites for hydroxylation is 1. The molecule has 1 N–H and O–H groups in total. The number of rotatable bonds is 9. The summed E-state index contributed by atoms with van der Waals surface area (Å²) in [5, 5.41) is 2.87. The SMILES string of the molecule is CCN(CCNC(=O)CSc1ccc(C(C)=O)cc1F)c1cccc(C)c1. The summed E-state index contributed by atoms with van der Waals surface area (Å²) < 4.78 is 14.0. The standard InChI is InChI=1S/C21H25FN2O2S/c1-4-24(18-7-5-6-15(2)12-18)11-10-23-21(26)14-27-20-9-8-17(16(3)25)13-19(20)22/h5-9,12-13H,4,10-11,14H2,1-3H3,(H,23,26). The van der Waals surface area contributed by atoms with E-state index in [9.17, 15) is 14.0 Å².